The van der Waals surface area contributed by atoms with Crippen molar-refractivity contribution in [3.63, 3.8) is 0 Å². The number of ether oxygens (including phenoxy) is 1. The summed E-state index contributed by atoms with van der Waals surface area (Å²) in [6, 6.07) is 0. The van der Waals surface area contributed by atoms with Crippen LogP contribution in [0.2, 0.25) is 0 Å². The average Bonchev–Trinajstić information content (AvgIpc) is 2.27. The quantitative estimate of drug-likeness (QED) is 0.537. The second-order valence-corrected chi connectivity index (χ2v) is 2.91. The molecule has 9 nitrogen and oxygen atoms in total. The molecule has 9 heteroatoms. The number of methoxy groups -OCH3 is 1. The molecule has 0 atom stereocenters. The summed E-state index contributed by atoms with van der Waals surface area (Å²) in [5.74, 6) is -1.26. The van der Waals surface area contributed by atoms with Crippen LogP contribution in [0.15, 0.2) is 6.33 Å². The van der Waals surface area contributed by atoms with Crippen molar-refractivity contribution >= 4 is 17.5 Å². The van der Waals surface area contributed by atoms with Gasteiger partial charge >= 0.3 is 11.7 Å². The second kappa shape index (κ2) is 5.58. The van der Waals surface area contributed by atoms with Crippen molar-refractivity contribution in [2.75, 3.05) is 19.0 Å². The zero-order chi connectivity index (χ0) is 12.8. The number of rotatable bonds is 6. The number of aliphatic carboxylic acids is 1. The number of carbonyl (C=O) groups is 1. The molecule has 0 saturated heterocycles. The van der Waals surface area contributed by atoms with Crippen molar-refractivity contribution in [3.05, 3.63) is 16.4 Å². The molecule has 0 radical (unpaired) electrons. The van der Waals surface area contributed by atoms with Crippen LogP contribution in [0.3, 0.4) is 0 Å². The smallest absolute Gasteiger partial charge is 0.372 e. The van der Waals surface area contributed by atoms with Crippen LogP contribution in [0, 0.1) is 10.1 Å². The van der Waals surface area contributed by atoms with Crippen LogP contribution in [0.25, 0.3) is 0 Å². The molecular formula is C8H10N4O5. The molecule has 1 aromatic rings. The van der Waals surface area contributed by atoms with Gasteiger partial charge in [-0.3, -0.25) is 14.9 Å². The van der Waals surface area contributed by atoms with Crippen LogP contribution in [-0.4, -0.2) is 39.6 Å². The highest BCUT2D eigenvalue weighted by Crippen LogP contribution is 2.30. The molecule has 0 fully saturated rings. The van der Waals surface area contributed by atoms with Crippen LogP contribution in [0.4, 0.5) is 11.5 Å². The summed E-state index contributed by atoms with van der Waals surface area (Å²) >= 11 is 0. The average molecular weight is 242 g/mol. The van der Waals surface area contributed by atoms with Gasteiger partial charge in [-0.05, 0) is 0 Å². The Balaban J connectivity index is 2.90. The molecule has 0 aliphatic carbocycles. The third-order valence-corrected chi connectivity index (χ3v) is 1.80. The minimum atomic E-state index is -1.01. The largest absolute Gasteiger partial charge is 0.481 e. The van der Waals surface area contributed by atoms with Crippen LogP contribution in [0.1, 0.15) is 6.42 Å². The van der Waals surface area contributed by atoms with E-state index in [4.69, 9.17) is 9.84 Å². The third kappa shape index (κ3) is 3.26. The number of anilines is 1. The summed E-state index contributed by atoms with van der Waals surface area (Å²) in [4.78, 5) is 27.7. The van der Waals surface area contributed by atoms with Gasteiger partial charge in [-0.2, -0.15) is 4.98 Å². The van der Waals surface area contributed by atoms with E-state index in [9.17, 15) is 14.9 Å². The number of carboxylic acid groups (broad SMARTS) is 1. The lowest BCUT2D eigenvalue weighted by Gasteiger charge is -2.06. The molecule has 2 N–H and O–H groups in total. The van der Waals surface area contributed by atoms with Crippen LogP contribution in [0.5, 0.6) is 5.88 Å². The minimum Gasteiger partial charge on any atom is -0.481 e. The summed E-state index contributed by atoms with van der Waals surface area (Å²) < 4.78 is 4.73. The molecule has 17 heavy (non-hydrogen) atoms. The Morgan fingerprint density at radius 3 is 2.88 bits per heavy atom. The monoisotopic (exact) mass is 242 g/mol. The van der Waals surface area contributed by atoms with Crippen LogP contribution >= 0.6 is 0 Å². The Morgan fingerprint density at radius 1 is 1.65 bits per heavy atom. The van der Waals surface area contributed by atoms with Crippen molar-refractivity contribution < 1.29 is 19.6 Å². The fourth-order valence-corrected chi connectivity index (χ4v) is 1.09. The van der Waals surface area contributed by atoms with E-state index in [-0.39, 0.29) is 24.7 Å². The predicted molar refractivity (Wildman–Crippen MR) is 56.0 cm³/mol. The van der Waals surface area contributed by atoms with E-state index >= 15 is 0 Å². The topological polar surface area (TPSA) is 127 Å². The van der Waals surface area contributed by atoms with E-state index in [0.29, 0.717) is 0 Å². The molecule has 0 bridgehead atoms. The molecule has 0 aliphatic rings. The van der Waals surface area contributed by atoms with Crippen molar-refractivity contribution in [2.24, 2.45) is 0 Å². The van der Waals surface area contributed by atoms with E-state index in [1.165, 1.54) is 7.11 Å². The number of carboxylic acids is 1. The Kier molecular flexibility index (Phi) is 4.14. The molecule has 0 saturated carbocycles. The first-order valence-corrected chi connectivity index (χ1v) is 4.55. The summed E-state index contributed by atoms with van der Waals surface area (Å²) in [5.41, 5.74) is -0.416. The fourth-order valence-electron chi connectivity index (χ4n) is 1.09. The molecule has 1 rings (SSSR count). The highest BCUT2D eigenvalue weighted by Gasteiger charge is 2.23. The van der Waals surface area contributed by atoms with Gasteiger partial charge in [0.15, 0.2) is 0 Å². The minimum absolute atomic E-state index is 0.0241. The molecule has 92 valence electrons. The van der Waals surface area contributed by atoms with Gasteiger partial charge < -0.3 is 15.2 Å². The zero-order valence-electron chi connectivity index (χ0n) is 8.91. The Morgan fingerprint density at radius 2 is 2.35 bits per heavy atom. The third-order valence-electron chi connectivity index (χ3n) is 1.80. The summed E-state index contributed by atoms with van der Waals surface area (Å²) in [6.45, 7) is 0.0241. The van der Waals surface area contributed by atoms with Gasteiger partial charge in [0.1, 0.15) is 6.33 Å². The lowest BCUT2D eigenvalue weighted by atomic mass is 10.4. The van der Waals surface area contributed by atoms with Gasteiger partial charge in [0, 0.05) is 6.54 Å². The Labute approximate surface area is 95.6 Å². The number of hydrogen-bond acceptors (Lipinski definition) is 7. The number of hydrogen-bond donors (Lipinski definition) is 2. The highest BCUT2D eigenvalue weighted by atomic mass is 16.6. The Bertz CT molecular complexity index is 436. The first kappa shape index (κ1) is 12.6. The zero-order valence-corrected chi connectivity index (χ0v) is 8.91. The van der Waals surface area contributed by atoms with Crippen LogP contribution in [-0.2, 0) is 4.79 Å². The molecular weight excluding hydrogens is 232 g/mol. The van der Waals surface area contributed by atoms with Gasteiger partial charge in [-0.25, -0.2) is 4.98 Å². The van der Waals surface area contributed by atoms with Crippen molar-refractivity contribution in [1.82, 2.24) is 9.97 Å². The molecule has 0 amide bonds. The van der Waals surface area contributed by atoms with Gasteiger partial charge in [0.05, 0.1) is 18.5 Å². The molecule has 0 aliphatic heterocycles. The predicted octanol–water partition coefficient (Wildman–Crippen LogP) is 0.280. The lowest BCUT2D eigenvalue weighted by Crippen LogP contribution is -2.11. The molecule has 0 aromatic carbocycles. The van der Waals surface area contributed by atoms with Gasteiger partial charge in [-0.1, -0.05) is 0 Å². The van der Waals surface area contributed by atoms with E-state index in [1.54, 1.807) is 0 Å². The number of nitro groups is 1. The van der Waals surface area contributed by atoms with E-state index in [2.05, 4.69) is 15.3 Å². The Hall–Kier alpha value is -2.45. The molecule has 1 heterocycles. The maximum Gasteiger partial charge on any atom is 0.372 e. The maximum atomic E-state index is 10.8. The maximum absolute atomic E-state index is 10.8. The van der Waals surface area contributed by atoms with Crippen LogP contribution < -0.4 is 10.1 Å². The fraction of sp³-hybridized carbons (Fsp3) is 0.375. The number of nitrogens with zero attached hydrogens (tertiary/aromatic N) is 3. The molecule has 0 unspecified atom stereocenters. The van der Waals surface area contributed by atoms with Gasteiger partial charge in [-0.15, -0.1) is 0 Å². The van der Waals surface area contributed by atoms with E-state index in [1.807, 2.05) is 0 Å². The van der Waals surface area contributed by atoms with Gasteiger partial charge in [0.2, 0.25) is 5.82 Å². The molecule has 1 aromatic heterocycles. The second-order valence-electron chi connectivity index (χ2n) is 2.91. The van der Waals surface area contributed by atoms with Crippen molar-refractivity contribution in [2.45, 2.75) is 6.42 Å². The van der Waals surface area contributed by atoms with Gasteiger partial charge in [0.25, 0.3) is 5.88 Å². The van der Waals surface area contributed by atoms with E-state index in [0.717, 1.165) is 6.33 Å². The normalized spacial score (nSPS) is 9.71. The molecule has 0 spiro atoms. The number of aromatic nitrogens is 2. The van der Waals surface area contributed by atoms with E-state index < -0.39 is 16.6 Å². The summed E-state index contributed by atoms with van der Waals surface area (Å²) in [7, 11) is 1.25. The van der Waals surface area contributed by atoms with Crippen molar-refractivity contribution in [1.29, 1.82) is 0 Å². The summed E-state index contributed by atoms with van der Waals surface area (Å²) in [5, 5.41) is 21.8. The first-order valence-electron chi connectivity index (χ1n) is 4.55. The standard InChI is InChI=1S/C8H10N4O5/c1-17-8-6(12(15)16)7(10-4-11-8)9-3-2-5(13)14/h4H,2-3H2,1H3,(H,13,14)(H,9,10,11). The highest BCUT2D eigenvalue weighted by molar-refractivity contribution is 5.68. The summed E-state index contributed by atoms with van der Waals surface area (Å²) in [6.07, 6.45) is 0.915. The SMILES string of the molecule is COc1ncnc(NCCC(=O)O)c1[N+](=O)[O-]. The number of nitrogens with one attached hydrogen (secondary N) is 1. The first-order chi connectivity index (χ1) is 8.06. The lowest BCUT2D eigenvalue weighted by molar-refractivity contribution is -0.385. The van der Waals surface area contributed by atoms with Crippen molar-refractivity contribution in [3.8, 4) is 5.88 Å².